The van der Waals surface area contributed by atoms with Crippen LogP contribution >= 0.6 is 11.3 Å². The number of hydrogen-bond acceptors (Lipinski definition) is 2. The van der Waals surface area contributed by atoms with Crippen molar-refractivity contribution in [2.24, 2.45) is 0 Å². The highest BCUT2D eigenvalue weighted by atomic mass is 32.1. The monoisotopic (exact) mass is 285 g/mol. The first-order chi connectivity index (χ1) is 9.65. The van der Waals surface area contributed by atoms with Gasteiger partial charge >= 0.3 is 0 Å². The first-order valence-corrected chi connectivity index (χ1v) is 7.96. The van der Waals surface area contributed by atoms with Gasteiger partial charge in [-0.1, -0.05) is 12.1 Å². The van der Waals surface area contributed by atoms with Crippen molar-refractivity contribution in [3.8, 4) is 0 Å². The molecule has 0 fully saturated rings. The molecule has 3 rings (SSSR count). The molecule has 0 unspecified atom stereocenters. The molecule has 1 aliphatic carbocycles. The van der Waals surface area contributed by atoms with E-state index in [0.29, 0.717) is 0 Å². The SMILES string of the molecule is Cc1cc(C(=O)Nc2cccc3c2CCCC3)c(C)s1. The average molecular weight is 285 g/mol. The summed E-state index contributed by atoms with van der Waals surface area (Å²) in [6.45, 7) is 4.05. The Balaban J connectivity index is 1.88. The fourth-order valence-corrected chi connectivity index (χ4v) is 3.87. The summed E-state index contributed by atoms with van der Waals surface area (Å²) in [7, 11) is 0. The van der Waals surface area contributed by atoms with Gasteiger partial charge in [-0.05, 0) is 62.8 Å². The van der Waals surface area contributed by atoms with Crippen LogP contribution in [0.1, 0.15) is 44.1 Å². The van der Waals surface area contributed by atoms with Crippen molar-refractivity contribution in [1.82, 2.24) is 0 Å². The van der Waals surface area contributed by atoms with E-state index in [1.165, 1.54) is 28.8 Å². The van der Waals surface area contributed by atoms with Gasteiger partial charge in [-0.2, -0.15) is 0 Å². The number of fused-ring (bicyclic) bond motifs is 1. The smallest absolute Gasteiger partial charge is 0.256 e. The molecular weight excluding hydrogens is 266 g/mol. The van der Waals surface area contributed by atoms with E-state index in [4.69, 9.17) is 0 Å². The molecule has 20 heavy (non-hydrogen) atoms. The molecule has 1 aromatic heterocycles. The summed E-state index contributed by atoms with van der Waals surface area (Å²) < 4.78 is 0. The van der Waals surface area contributed by atoms with Crippen LogP contribution in [0.3, 0.4) is 0 Å². The summed E-state index contributed by atoms with van der Waals surface area (Å²) in [5.41, 5.74) is 4.53. The lowest BCUT2D eigenvalue weighted by molar-refractivity contribution is 0.102. The van der Waals surface area contributed by atoms with Gasteiger partial charge < -0.3 is 5.32 Å². The van der Waals surface area contributed by atoms with Gasteiger partial charge in [0, 0.05) is 15.4 Å². The Hall–Kier alpha value is -1.61. The number of anilines is 1. The van der Waals surface area contributed by atoms with E-state index in [0.717, 1.165) is 29.0 Å². The summed E-state index contributed by atoms with van der Waals surface area (Å²) in [6.07, 6.45) is 4.69. The van der Waals surface area contributed by atoms with E-state index < -0.39 is 0 Å². The number of nitrogens with one attached hydrogen (secondary N) is 1. The van der Waals surface area contributed by atoms with Crippen LogP contribution < -0.4 is 5.32 Å². The number of carbonyl (C=O) groups is 1. The molecule has 0 bridgehead atoms. The Morgan fingerprint density at radius 2 is 2.00 bits per heavy atom. The molecule has 2 nitrogen and oxygen atoms in total. The van der Waals surface area contributed by atoms with Gasteiger partial charge in [0.2, 0.25) is 0 Å². The maximum atomic E-state index is 12.4. The van der Waals surface area contributed by atoms with E-state index in [-0.39, 0.29) is 5.91 Å². The van der Waals surface area contributed by atoms with Crippen molar-refractivity contribution in [1.29, 1.82) is 0 Å². The second-order valence-electron chi connectivity index (χ2n) is 5.43. The van der Waals surface area contributed by atoms with Crippen molar-refractivity contribution in [3.05, 3.63) is 50.7 Å². The highest BCUT2D eigenvalue weighted by molar-refractivity contribution is 7.12. The van der Waals surface area contributed by atoms with Crippen molar-refractivity contribution >= 4 is 22.9 Å². The standard InChI is InChI=1S/C17H19NOS/c1-11-10-15(12(2)20-11)17(19)18-16-9-5-7-13-6-3-4-8-14(13)16/h5,7,9-10H,3-4,6,8H2,1-2H3,(H,18,19). The van der Waals surface area contributed by atoms with Gasteiger partial charge in [0.1, 0.15) is 0 Å². The van der Waals surface area contributed by atoms with Crippen molar-refractivity contribution in [2.45, 2.75) is 39.5 Å². The van der Waals surface area contributed by atoms with E-state index in [2.05, 4.69) is 11.4 Å². The van der Waals surface area contributed by atoms with Gasteiger partial charge in [-0.15, -0.1) is 11.3 Å². The van der Waals surface area contributed by atoms with Crippen molar-refractivity contribution in [3.63, 3.8) is 0 Å². The molecule has 1 aromatic carbocycles. The maximum Gasteiger partial charge on any atom is 0.256 e. The zero-order chi connectivity index (χ0) is 14.1. The van der Waals surface area contributed by atoms with Crippen LogP contribution in [0.25, 0.3) is 0 Å². The normalized spacial score (nSPS) is 13.9. The van der Waals surface area contributed by atoms with E-state index in [1.807, 2.05) is 32.0 Å². The third-order valence-corrected chi connectivity index (χ3v) is 4.90. The van der Waals surface area contributed by atoms with Gasteiger partial charge in [0.05, 0.1) is 5.56 Å². The zero-order valence-electron chi connectivity index (χ0n) is 12.0. The van der Waals surface area contributed by atoms with Gasteiger partial charge in [0.25, 0.3) is 5.91 Å². The molecule has 1 amide bonds. The van der Waals surface area contributed by atoms with E-state index in [9.17, 15) is 4.79 Å². The third kappa shape index (κ3) is 2.50. The minimum absolute atomic E-state index is 0.0193. The molecule has 1 heterocycles. The Morgan fingerprint density at radius 3 is 2.75 bits per heavy atom. The molecule has 0 spiro atoms. The quantitative estimate of drug-likeness (QED) is 0.865. The summed E-state index contributed by atoms with van der Waals surface area (Å²) in [6, 6.07) is 8.23. The summed E-state index contributed by atoms with van der Waals surface area (Å²) in [4.78, 5) is 14.7. The van der Waals surface area contributed by atoms with Crippen molar-refractivity contribution < 1.29 is 4.79 Å². The largest absolute Gasteiger partial charge is 0.322 e. The lowest BCUT2D eigenvalue weighted by atomic mass is 9.90. The molecule has 3 heteroatoms. The Bertz CT molecular complexity index is 657. The summed E-state index contributed by atoms with van der Waals surface area (Å²) in [5, 5.41) is 3.11. The number of thiophene rings is 1. The lowest BCUT2D eigenvalue weighted by Gasteiger charge is -2.19. The third-order valence-electron chi connectivity index (χ3n) is 3.93. The fraction of sp³-hybridized carbons (Fsp3) is 0.353. The maximum absolute atomic E-state index is 12.4. The Labute approximate surface area is 123 Å². The van der Waals surface area contributed by atoms with Crippen LogP contribution in [0.5, 0.6) is 0 Å². The van der Waals surface area contributed by atoms with E-state index in [1.54, 1.807) is 11.3 Å². The van der Waals surface area contributed by atoms with Gasteiger partial charge in [-0.25, -0.2) is 0 Å². The molecular formula is C17H19NOS. The minimum Gasteiger partial charge on any atom is -0.322 e. The van der Waals surface area contributed by atoms with Crippen LogP contribution in [0.2, 0.25) is 0 Å². The molecule has 1 N–H and O–H groups in total. The molecule has 104 valence electrons. The first kappa shape index (κ1) is 13.4. The summed E-state index contributed by atoms with van der Waals surface area (Å²) >= 11 is 1.68. The van der Waals surface area contributed by atoms with Crippen molar-refractivity contribution in [2.75, 3.05) is 5.32 Å². The predicted octanol–water partition coefficient (Wildman–Crippen LogP) is 4.50. The fourth-order valence-electron chi connectivity index (χ4n) is 2.94. The van der Waals surface area contributed by atoms with Gasteiger partial charge in [-0.3, -0.25) is 4.79 Å². The van der Waals surface area contributed by atoms with Crippen LogP contribution in [0.15, 0.2) is 24.3 Å². The molecule has 0 saturated carbocycles. The average Bonchev–Trinajstić information content (AvgIpc) is 2.78. The number of hydrogen-bond donors (Lipinski definition) is 1. The number of aryl methyl sites for hydroxylation is 3. The second kappa shape index (κ2) is 5.41. The molecule has 0 saturated heterocycles. The molecule has 0 atom stereocenters. The second-order valence-corrected chi connectivity index (χ2v) is 6.89. The molecule has 2 aromatic rings. The van der Waals surface area contributed by atoms with Crippen LogP contribution in [-0.4, -0.2) is 5.91 Å². The highest BCUT2D eigenvalue weighted by Crippen LogP contribution is 2.29. The number of benzene rings is 1. The highest BCUT2D eigenvalue weighted by Gasteiger charge is 2.17. The van der Waals surface area contributed by atoms with Crippen LogP contribution in [0.4, 0.5) is 5.69 Å². The number of carbonyl (C=O) groups excluding carboxylic acids is 1. The zero-order valence-corrected chi connectivity index (χ0v) is 12.8. The van der Waals surface area contributed by atoms with Crippen LogP contribution in [0, 0.1) is 13.8 Å². The Morgan fingerprint density at radius 1 is 1.20 bits per heavy atom. The Kier molecular flexibility index (Phi) is 3.62. The predicted molar refractivity (Wildman–Crippen MR) is 84.8 cm³/mol. The van der Waals surface area contributed by atoms with E-state index >= 15 is 0 Å². The van der Waals surface area contributed by atoms with Gasteiger partial charge in [0.15, 0.2) is 0 Å². The number of amides is 1. The molecule has 0 radical (unpaired) electrons. The topological polar surface area (TPSA) is 29.1 Å². The lowest BCUT2D eigenvalue weighted by Crippen LogP contribution is -2.15. The number of rotatable bonds is 2. The molecule has 0 aliphatic heterocycles. The minimum atomic E-state index is 0.0193. The first-order valence-electron chi connectivity index (χ1n) is 7.14. The summed E-state index contributed by atoms with van der Waals surface area (Å²) in [5.74, 6) is 0.0193. The van der Waals surface area contributed by atoms with Crippen LogP contribution in [-0.2, 0) is 12.8 Å². The molecule has 1 aliphatic rings.